The van der Waals surface area contributed by atoms with Gasteiger partial charge in [-0.15, -0.1) is 0 Å². The van der Waals surface area contributed by atoms with Crippen LogP contribution in [0.1, 0.15) is 16.1 Å². The van der Waals surface area contributed by atoms with Gasteiger partial charge < -0.3 is 14.4 Å². The summed E-state index contributed by atoms with van der Waals surface area (Å²) >= 11 is 0.893. The number of methoxy groups -OCH3 is 1. The lowest BCUT2D eigenvalue weighted by Crippen LogP contribution is -2.31. The highest BCUT2D eigenvalue weighted by atomic mass is 32.2. The van der Waals surface area contributed by atoms with Gasteiger partial charge >= 0.3 is 5.97 Å². The van der Waals surface area contributed by atoms with Crippen molar-refractivity contribution < 1.29 is 24.2 Å². The number of hydrogen-bond donors (Lipinski definition) is 1. The number of carboxylic acid groups (broad SMARTS) is 1. The molecule has 8 heteroatoms. The molecule has 134 valence electrons. The van der Waals surface area contributed by atoms with E-state index in [0.29, 0.717) is 10.6 Å². The Hall–Kier alpha value is -2.84. The van der Waals surface area contributed by atoms with Crippen molar-refractivity contribution in [3.63, 3.8) is 0 Å². The Morgan fingerprint density at radius 1 is 1.23 bits per heavy atom. The van der Waals surface area contributed by atoms with Crippen molar-refractivity contribution in [2.45, 2.75) is 0 Å². The van der Waals surface area contributed by atoms with Crippen LogP contribution < -0.4 is 0 Å². The molecule has 1 aliphatic rings. The van der Waals surface area contributed by atoms with Crippen molar-refractivity contribution in [3.05, 3.63) is 58.8 Å². The highest BCUT2D eigenvalue weighted by Crippen LogP contribution is 2.32. The second-order valence-electron chi connectivity index (χ2n) is 5.48. The van der Waals surface area contributed by atoms with E-state index < -0.39 is 5.97 Å². The first kappa shape index (κ1) is 18.0. The standard InChI is InChI=1S/C18H16N2O5S/c1-25-10-9-20-16(21)15(26-18(20)24)11-14-3-2-8-19(14)13-6-4-12(5-7-13)17(22)23/h2-8,11H,9-10H2,1H3,(H,22,23)/b15-11+. The quantitative estimate of drug-likeness (QED) is 0.785. The van der Waals surface area contributed by atoms with Gasteiger partial charge in [0.1, 0.15) is 0 Å². The van der Waals surface area contributed by atoms with E-state index in [1.165, 1.54) is 19.2 Å². The van der Waals surface area contributed by atoms with Crippen LogP contribution in [0.4, 0.5) is 4.79 Å². The number of imide groups is 1. The normalized spacial score (nSPS) is 15.9. The number of thioether (sulfide) groups is 1. The summed E-state index contributed by atoms with van der Waals surface area (Å²) in [5.41, 5.74) is 1.66. The minimum Gasteiger partial charge on any atom is -0.478 e. The topological polar surface area (TPSA) is 88.8 Å². The predicted octanol–water partition coefficient (Wildman–Crippen LogP) is 2.86. The Labute approximate surface area is 153 Å². The summed E-state index contributed by atoms with van der Waals surface area (Å²) < 4.78 is 6.74. The number of amides is 2. The summed E-state index contributed by atoms with van der Waals surface area (Å²) in [6.45, 7) is 0.508. The molecule has 0 atom stereocenters. The van der Waals surface area contributed by atoms with Crippen LogP contribution in [-0.2, 0) is 9.53 Å². The molecule has 1 aromatic carbocycles. The van der Waals surface area contributed by atoms with E-state index in [2.05, 4.69) is 0 Å². The number of benzene rings is 1. The zero-order chi connectivity index (χ0) is 18.7. The van der Waals surface area contributed by atoms with Crippen LogP contribution in [0.25, 0.3) is 11.8 Å². The highest BCUT2D eigenvalue weighted by Gasteiger charge is 2.34. The van der Waals surface area contributed by atoms with E-state index in [1.807, 2.05) is 16.7 Å². The Morgan fingerprint density at radius 3 is 2.62 bits per heavy atom. The molecule has 1 fully saturated rings. The molecule has 0 saturated carbocycles. The number of carbonyl (C=O) groups excluding carboxylic acids is 2. The van der Waals surface area contributed by atoms with Crippen LogP contribution >= 0.6 is 11.8 Å². The fraction of sp³-hybridized carbons (Fsp3) is 0.167. The Kier molecular flexibility index (Phi) is 5.24. The van der Waals surface area contributed by atoms with Gasteiger partial charge in [-0.1, -0.05) is 0 Å². The second-order valence-corrected chi connectivity index (χ2v) is 6.47. The summed E-state index contributed by atoms with van der Waals surface area (Å²) in [5, 5.41) is 8.67. The zero-order valence-electron chi connectivity index (χ0n) is 13.9. The van der Waals surface area contributed by atoms with Crippen molar-refractivity contribution >= 4 is 35.0 Å². The molecule has 0 aliphatic carbocycles. The summed E-state index contributed by atoms with van der Waals surface area (Å²) in [7, 11) is 1.51. The number of hydrogen-bond acceptors (Lipinski definition) is 5. The largest absolute Gasteiger partial charge is 0.478 e. The smallest absolute Gasteiger partial charge is 0.335 e. The van der Waals surface area contributed by atoms with Gasteiger partial charge in [0.05, 0.1) is 23.6 Å². The van der Waals surface area contributed by atoms with Gasteiger partial charge in [0.15, 0.2) is 0 Å². The molecule has 2 heterocycles. The Balaban J connectivity index is 1.87. The second kappa shape index (κ2) is 7.59. The average Bonchev–Trinajstić information content (AvgIpc) is 3.19. The number of nitrogens with zero attached hydrogens (tertiary/aromatic N) is 2. The lowest BCUT2D eigenvalue weighted by Gasteiger charge is -2.11. The van der Waals surface area contributed by atoms with E-state index in [-0.39, 0.29) is 29.9 Å². The molecule has 0 spiro atoms. The third kappa shape index (κ3) is 3.56. The number of aromatic carboxylic acids is 1. The fourth-order valence-electron chi connectivity index (χ4n) is 2.52. The van der Waals surface area contributed by atoms with Crippen LogP contribution in [0.2, 0.25) is 0 Å². The maximum Gasteiger partial charge on any atom is 0.335 e. The van der Waals surface area contributed by atoms with Crippen molar-refractivity contribution in [1.82, 2.24) is 9.47 Å². The molecule has 0 radical (unpaired) electrons. The first-order chi connectivity index (χ1) is 12.5. The first-order valence-electron chi connectivity index (χ1n) is 7.76. The molecular formula is C18H16N2O5S. The van der Waals surface area contributed by atoms with Gasteiger partial charge in [-0.3, -0.25) is 14.5 Å². The van der Waals surface area contributed by atoms with E-state index in [9.17, 15) is 14.4 Å². The number of carbonyl (C=O) groups is 3. The van der Waals surface area contributed by atoms with Gasteiger partial charge in [0, 0.05) is 24.7 Å². The van der Waals surface area contributed by atoms with Gasteiger partial charge in [0.25, 0.3) is 11.1 Å². The molecule has 0 bridgehead atoms. The molecule has 2 aromatic rings. The maximum absolute atomic E-state index is 12.4. The van der Waals surface area contributed by atoms with Crippen molar-refractivity contribution in [3.8, 4) is 5.69 Å². The number of rotatable bonds is 6. The Bertz CT molecular complexity index is 885. The summed E-state index contributed by atoms with van der Waals surface area (Å²) in [6.07, 6.45) is 3.46. The van der Waals surface area contributed by atoms with Crippen LogP contribution in [0.3, 0.4) is 0 Å². The van der Waals surface area contributed by atoms with E-state index in [4.69, 9.17) is 9.84 Å². The van der Waals surface area contributed by atoms with Crippen LogP contribution in [0.5, 0.6) is 0 Å². The molecule has 1 aromatic heterocycles. The third-order valence-electron chi connectivity index (χ3n) is 3.84. The van der Waals surface area contributed by atoms with Gasteiger partial charge in [-0.25, -0.2) is 4.79 Å². The summed E-state index contributed by atoms with van der Waals surface area (Å²) in [5.74, 6) is -1.33. The predicted molar refractivity (Wildman–Crippen MR) is 97.3 cm³/mol. The van der Waals surface area contributed by atoms with Crippen LogP contribution in [0, 0.1) is 0 Å². The molecule has 1 saturated heterocycles. The molecule has 3 rings (SSSR count). The minimum atomic E-state index is -0.992. The molecule has 2 amide bonds. The lowest BCUT2D eigenvalue weighted by molar-refractivity contribution is -0.123. The van der Waals surface area contributed by atoms with Crippen LogP contribution in [0.15, 0.2) is 47.5 Å². The SMILES string of the molecule is COCCN1C(=O)S/C(=C/c2cccn2-c2ccc(C(=O)O)cc2)C1=O. The molecule has 0 unspecified atom stereocenters. The minimum absolute atomic E-state index is 0.196. The van der Waals surface area contributed by atoms with Crippen LogP contribution in [-0.4, -0.2) is 52.0 Å². The third-order valence-corrected chi connectivity index (χ3v) is 4.75. The molecule has 26 heavy (non-hydrogen) atoms. The molecular weight excluding hydrogens is 356 g/mol. The van der Waals surface area contributed by atoms with Crippen molar-refractivity contribution in [2.24, 2.45) is 0 Å². The summed E-state index contributed by atoms with van der Waals surface area (Å²) in [4.78, 5) is 36.9. The fourth-order valence-corrected chi connectivity index (χ4v) is 3.37. The zero-order valence-corrected chi connectivity index (χ0v) is 14.7. The summed E-state index contributed by atoms with van der Waals surface area (Å²) in [6, 6.07) is 10.0. The molecule has 7 nitrogen and oxygen atoms in total. The molecule has 1 N–H and O–H groups in total. The van der Waals surface area contributed by atoms with E-state index in [1.54, 1.807) is 24.4 Å². The van der Waals surface area contributed by atoms with Crippen molar-refractivity contribution in [2.75, 3.05) is 20.3 Å². The molecule has 1 aliphatic heterocycles. The van der Waals surface area contributed by atoms with E-state index in [0.717, 1.165) is 22.3 Å². The average molecular weight is 372 g/mol. The number of ether oxygens (including phenoxy) is 1. The van der Waals surface area contributed by atoms with Gasteiger partial charge in [-0.2, -0.15) is 0 Å². The first-order valence-corrected chi connectivity index (χ1v) is 8.58. The lowest BCUT2D eigenvalue weighted by atomic mass is 10.2. The number of aromatic nitrogens is 1. The van der Waals surface area contributed by atoms with E-state index >= 15 is 0 Å². The van der Waals surface area contributed by atoms with Gasteiger partial charge in [0.2, 0.25) is 0 Å². The maximum atomic E-state index is 12.4. The Morgan fingerprint density at radius 2 is 1.96 bits per heavy atom. The van der Waals surface area contributed by atoms with Gasteiger partial charge in [-0.05, 0) is 54.2 Å². The number of carboxylic acids is 1. The highest BCUT2D eigenvalue weighted by molar-refractivity contribution is 8.18. The van der Waals surface area contributed by atoms with Crippen molar-refractivity contribution in [1.29, 1.82) is 0 Å². The monoisotopic (exact) mass is 372 g/mol.